The number of amides is 1. The summed E-state index contributed by atoms with van der Waals surface area (Å²) in [6.07, 6.45) is -0.164. The van der Waals surface area contributed by atoms with Crippen molar-refractivity contribution >= 4 is 11.9 Å². The first-order valence-electron chi connectivity index (χ1n) is 5.29. The zero-order valence-corrected chi connectivity index (χ0v) is 9.60. The van der Waals surface area contributed by atoms with Crippen LogP contribution in [0.25, 0.3) is 0 Å². The number of carbonyl (C=O) groups is 2. The number of carboxylic acid groups (broad SMARTS) is 1. The Bertz CT molecular complexity index is 270. The van der Waals surface area contributed by atoms with Crippen LogP contribution >= 0.6 is 0 Å². The molecular formula is C10H18N2O4. The number of carbonyl (C=O) groups excluding carboxylic acids is 1. The monoisotopic (exact) mass is 230 g/mol. The molecule has 0 saturated carbocycles. The molecule has 2 N–H and O–H groups in total. The molecule has 1 rings (SSSR count). The molecule has 1 saturated heterocycles. The number of piperazine rings is 1. The zero-order valence-electron chi connectivity index (χ0n) is 9.60. The van der Waals surface area contributed by atoms with E-state index >= 15 is 0 Å². The van der Waals surface area contributed by atoms with Crippen molar-refractivity contribution in [3.05, 3.63) is 0 Å². The third-order valence-electron chi connectivity index (χ3n) is 2.59. The lowest BCUT2D eigenvalue weighted by Gasteiger charge is -2.37. The summed E-state index contributed by atoms with van der Waals surface area (Å²) in [5, 5.41) is 11.5. The van der Waals surface area contributed by atoms with Crippen LogP contribution in [0.5, 0.6) is 0 Å². The molecular weight excluding hydrogens is 212 g/mol. The van der Waals surface area contributed by atoms with Gasteiger partial charge < -0.3 is 15.2 Å². The van der Waals surface area contributed by atoms with Crippen LogP contribution in [-0.2, 0) is 14.3 Å². The summed E-state index contributed by atoms with van der Waals surface area (Å²) < 4.78 is 4.95. The second-order valence-corrected chi connectivity index (χ2v) is 4.01. The van der Waals surface area contributed by atoms with Gasteiger partial charge in [0.15, 0.2) is 0 Å². The van der Waals surface area contributed by atoms with Gasteiger partial charge in [0.05, 0.1) is 19.1 Å². The fourth-order valence-electron chi connectivity index (χ4n) is 1.87. The van der Waals surface area contributed by atoms with Gasteiger partial charge in [-0.2, -0.15) is 0 Å². The third-order valence-corrected chi connectivity index (χ3v) is 2.59. The SMILES string of the molecule is COCCN1CC(C)NC(=O)C1CC(=O)O. The average molecular weight is 230 g/mol. The quantitative estimate of drug-likeness (QED) is 0.652. The topological polar surface area (TPSA) is 78.9 Å². The van der Waals surface area contributed by atoms with Gasteiger partial charge in [-0.3, -0.25) is 14.5 Å². The molecule has 6 nitrogen and oxygen atoms in total. The summed E-state index contributed by atoms with van der Waals surface area (Å²) in [6, 6.07) is -0.529. The molecule has 1 amide bonds. The first-order valence-corrected chi connectivity index (χ1v) is 5.29. The van der Waals surface area contributed by atoms with E-state index in [0.29, 0.717) is 19.7 Å². The number of nitrogens with zero attached hydrogens (tertiary/aromatic N) is 1. The van der Waals surface area contributed by atoms with Crippen molar-refractivity contribution in [1.29, 1.82) is 0 Å². The molecule has 0 bridgehead atoms. The van der Waals surface area contributed by atoms with E-state index in [0.717, 1.165) is 0 Å². The van der Waals surface area contributed by atoms with E-state index in [-0.39, 0.29) is 18.4 Å². The van der Waals surface area contributed by atoms with E-state index in [2.05, 4.69) is 5.32 Å². The van der Waals surface area contributed by atoms with Crippen molar-refractivity contribution in [1.82, 2.24) is 10.2 Å². The molecule has 2 unspecified atom stereocenters. The molecule has 1 aliphatic heterocycles. The number of carboxylic acids is 1. The fourth-order valence-corrected chi connectivity index (χ4v) is 1.87. The molecule has 0 aromatic heterocycles. The Balaban J connectivity index is 2.64. The normalized spacial score (nSPS) is 26.5. The Morgan fingerprint density at radius 1 is 1.69 bits per heavy atom. The van der Waals surface area contributed by atoms with Gasteiger partial charge in [-0.25, -0.2) is 0 Å². The molecule has 0 spiro atoms. The maximum absolute atomic E-state index is 11.7. The minimum Gasteiger partial charge on any atom is -0.481 e. The number of methoxy groups -OCH3 is 1. The maximum atomic E-state index is 11.7. The van der Waals surface area contributed by atoms with E-state index in [9.17, 15) is 9.59 Å². The second kappa shape index (κ2) is 5.81. The highest BCUT2D eigenvalue weighted by molar-refractivity contribution is 5.87. The maximum Gasteiger partial charge on any atom is 0.305 e. The molecule has 0 aliphatic carbocycles. The molecule has 6 heteroatoms. The Morgan fingerprint density at radius 2 is 2.38 bits per heavy atom. The van der Waals surface area contributed by atoms with Gasteiger partial charge in [0, 0.05) is 26.2 Å². The van der Waals surface area contributed by atoms with Gasteiger partial charge in [0.1, 0.15) is 0 Å². The smallest absolute Gasteiger partial charge is 0.305 e. The highest BCUT2D eigenvalue weighted by atomic mass is 16.5. The molecule has 1 heterocycles. The first-order chi connectivity index (χ1) is 7.54. The number of aliphatic carboxylic acids is 1. The average Bonchev–Trinajstić information content (AvgIpc) is 2.19. The van der Waals surface area contributed by atoms with Crippen LogP contribution in [0.1, 0.15) is 13.3 Å². The van der Waals surface area contributed by atoms with E-state index < -0.39 is 12.0 Å². The molecule has 0 aromatic rings. The van der Waals surface area contributed by atoms with Crippen LogP contribution in [0, 0.1) is 0 Å². The van der Waals surface area contributed by atoms with Crippen molar-refractivity contribution in [2.45, 2.75) is 25.4 Å². The summed E-state index contributed by atoms with van der Waals surface area (Å²) in [7, 11) is 1.58. The largest absolute Gasteiger partial charge is 0.481 e. The van der Waals surface area contributed by atoms with Crippen molar-refractivity contribution < 1.29 is 19.4 Å². The Labute approximate surface area is 94.6 Å². The van der Waals surface area contributed by atoms with E-state index in [4.69, 9.17) is 9.84 Å². The summed E-state index contributed by atoms with van der Waals surface area (Å²) in [6.45, 7) is 3.63. The number of hydrogen-bond acceptors (Lipinski definition) is 4. The molecule has 2 atom stereocenters. The molecule has 92 valence electrons. The standard InChI is InChI=1S/C10H18N2O4/c1-7-6-12(3-4-16-2)8(5-9(13)14)10(15)11-7/h7-8H,3-6H2,1-2H3,(H,11,15)(H,13,14). The van der Waals surface area contributed by atoms with Crippen molar-refractivity contribution in [2.75, 3.05) is 26.8 Å². The van der Waals surface area contributed by atoms with Crippen molar-refractivity contribution in [2.24, 2.45) is 0 Å². The Morgan fingerprint density at radius 3 is 2.94 bits per heavy atom. The molecule has 1 aliphatic rings. The van der Waals surface area contributed by atoms with Crippen LogP contribution in [0.15, 0.2) is 0 Å². The Kier molecular flexibility index (Phi) is 4.70. The first kappa shape index (κ1) is 12.9. The lowest BCUT2D eigenvalue weighted by molar-refractivity contribution is -0.144. The van der Waals surface area contributed by atoms with Crippen LogP contribution in [-0.4, -0.2) is 60.8 Å². The molecule has 1 fully saturated rings. The summed E-state index contributed by atoms with van der Waals surface area (Å²) >= 11 is 0. The predicted octanol–water partition coefficient (Wildman–Crippen LogP) is -0.704. The van der Waals surface area contributed by atoms with Gasteiger partial charge in [-0.1, -0.05) is 0 Å². The van der Waals surface area contributed by atoms with Crippen molar-refractivity contribution in [3.63, 3.8) is 0 Å². The van der Waals surface area contributed by atoms with Crippen molar-refractivity contribution in [3.8, 4) is 0 Å². The molecule has 0 aromatic carbocycles. The highest BCUT2D eigenvalue weighted by Crippen LogP contribution is 2.11. The third kappa shape index (κ3) is 3.46. The van der Waals surface area contributed by atoms with Gasteiger partial charge >= 0.3 is 5.97 Å². The van der Waals surface area contributed by atoms with Crippen LogP contribution in [0.3, 0.4) is 0 Å². The van der Waals surface area contributed by atoms with Crippen LogP contribution in [0.4, 0.5) is 0 Å². The van der Waals surface area contributed by atoms with E-state index in [1.54, 1.807) is 7.11 Å². The molecule has 0 radical (unpaired) electrons. The summed E-state index contributed by atoms with van der Waals surface area (Å²) in [4.78, 5) is 24.2. The lowest BCUT2D eigenvalue weighted by atomic mass is 10.1. The van der Waals surface area contributed by atoms with E-state index in [1.807, 2.05) is 11.8 Å². The van der Waals surface area contributed by atoms with Crippen LogP contribution < -0.4 is 5.32 Å². The second-order valence-electron chi connectivity index (χ2n) is 4.01. The zero-order chi connectivity index (χ0) is 12.1. The Hall–Kier alpha value is -1.14. The minimum absolute atomic E-state index is 0.0504. The van der Waals surface area contributed by atoms with Gasteiger partial charge in [0.25, 0.3) is 0 Å². The number of rotatable bonds is 5. The van der Waals surface area contributed by atoms with Gasteiger partial charge in [-0.05, 0) is 6.92 Å². The predicted molar refractivity (Wildman–Crippen MR) is 57.1 cm³/mol. The van der Waals surface area contributed by atoms with Crippen LogP contribution in [0.2, 0.25) is 0 Å². The van der Waals surface area contributed by atoms with E-state index in [1.165, 1.54) is 0 Å². The summed E-state index contributed by atoms with van der Waals surface area (Å²) in [5.41, 5.74) is 0. The number of hydrogen-bond donors (Lipinski definition) is 2. The minimum atomic E-state index is -0.961. The van der Waals surface area contributed by atoms with Gasteiger partial charge in [0.2, 0.25) is 5.91 Å². The lowest BCUT2D eigenvalue weighted by Crippen LogP contribution is -2.60. The summed E-state index contributed by atoms with van der Waals surface area (Å²) in [5.74, 6) is -1.17. The fraction of sp³-hybridized carbons (Fsp3) is 0.800. The molecule has 16 heavy (non-hydrogen) atoms. The number of ether oxygens (including phenoxy) is 1. The highest BCUT2D eigenvalue weighted by Gasteiger charge is 2.33. The van der Waals surface area contributed by atoms with Gasteiger partial charge in [-0.15, -0.1) is 0 Å². The number of nitrogens with one attached hydrogen (secondary N) is 1.